The topological polar surface area (TPSA) is 167 Å². The molecule has 0 aromatic carbocycles. The second-order valence-electron chi connectivity index (χ2n) is 8.74. The molecule has 0 amide bonds. The number of hydrogen-bond donors (Lipinski definition) is 2. The van der Waals surface area contributed by atoms with Gasteiger partial charge in [-0.25, -0.2) is 4.79 Å². The number of hydrogen-bond acceptors (Lipinski definition) is 10. The first-order valence-electron chi connectivity index (χ1n) is 11.9. The normalized spacial score (nSPS) is 24.2. The molecule has 1 aliphatic heterocycles. The van der Waals surface area contributed by atoms with Crippen LogP contribution in [0.4, 0.5) is 13.2 Å². The maximum Gasteiger partial charge on any atom is 0.523 e. The summed E-state index contributed by atoms with van der Waals surface area (Å²) in [6.07, 6.45) is -0.655. The summed E-state index contributed by atoms with van der Waals surface area (Å²) in [6, 6.07) is 0. The molecule has 1 fully saturated rings. The third kappa shape index (κ3) is 6.17. The van der Waals surface area contributed by atoms with Crippen molar-refractivity contribution in [1.82, 2.24) is 25.0 Å². The van der Waals surface area contributed by atoms with Crippen molar-refractivity contribution in [2.75, 3.05) is 19.8 Å². The van der Waals surface area contributed by atoms with Gasteiger partial charge in [0.05, 0.1) is 12.8 Å². The highest BCUT2D eigenvalue weighted by molar-refractivity contribution is 7.87. The Morgan fingerprint density at radius 2 is 1.87 bits per heavy atom. The number of unbranched alkanes of at least 4 members (excludes halogenated alkanes) is 2. The van der Waals surface area contributed by atoms with E-state index in [0.29, 0.717) is 19.3 Å². The fourth-order valence-corrected chi connectivity index (χ4v) is 4.51. The molecule has 4 atom stereocenters. The lowest BCUT2D eigenvalue weighted by Crippen LogP contribution is -2.49. The number of nitrogens with zero attached hydrogens (tertiary/aromatic N) is 3. The van der Waals surface area contributed by atoms with Gasteiger partial charge in [-0.15, -0.1) is 0 Å². The van der Waals surface area contributed by atoms with E-state index < -0.39 is 50.9 Å². The molecule has 0 aliphatic carbocycles. The summed E-state index contributed by atoms with van der Waals surface area (Å²) in [6.45, 7) is 4.98. The smallest absolute Gasteiger partial charge is 0.378 e. The predicted octanol–water partition coefficient (Wildman–Crippen LogP) is 1.62. The van der Waals surface area contributed by atoms with Crippen LogP contribution in [0.1, 0.15) is 57.0 Å². The van der Waals surface area contributed by atoms with Crippen molar-refractivity contribution in [3.63, 3.8) is 0 Å². The number of alkyl halides is 3. The first-order valence-corrected chi connectivity index (χ1v) is 13.3. The summed E-state index contributed by atoms with van der Waals surface area (Å²) in [4.78, 5) is 26.7. The van der Waals surface area contributed by atoms with Gasteiger partial charge in [0.15, 0.2) is 17.9 Å². The van der Waals surface area contributed by atoms with Gasteiger partial charge in [0.25, 0.3) is 5.56 Å². The number of aryl methyl sites for hydroxylation is 1. The monoisotopic (exact) mass is 569 g/mol. The highest BCUT2D eigenvalue weighted by Crippen LogP contribution is 2.47. The standard InChI is InChI=1S/C21H30F3N5O8S/c1-4-6-8-34-12-20(14-10-25-28-27-14)16(35-9-7-5-2)15(37-38(32,33)21(22,23)24)18(36-20)29-11-13(3)17(30)26-19(29)31/h10-11,15-16,18H,4-9,12H2,1-3H3,(H,25,27,28)(H,26,30,31)/t15-,16?,18+,20-/m0/s1. The molecular formula is C21H30F3N5O8S. The number of aromatic nitrogens is 5. The Hall–Kier alpha value is -2.60. The molecule has 1 unspecified atom stereocenters. The van der Waals surface area contributed by atoms with Crippen LogP contribution in [0.2, 0.25) is 0 Å². The molecule has 2 aromatic heterocycles. The van der Waals surface area contributed by atoms with E-state index in [0.717, 1.165) is 17.2 Å². The lowest BCUT2D eigenvalue weighted by atomic mass is 9.92. The predicted molar refractivity (Wildman–Crippen MR) is 124 cm³/mol. The Morgan fingerprint density at radius 3 is 2.47 bits per heavy atom. The van der Waals surface area contributed by atoms with Crippen molar-refractivity contribution in [2.45, 2.75) is 76.0 Å². The van der Waals surface area contributed by atoms with E-state index in [1.807, 2.05) is 18.8 Å². The Labute approximate surface area is 215 Å². The van der Waals surface area contributed by atoms with Crippen molar-refractivity contribution in [2.24, 2.45) is 0 Å². The van der Waals surface area contributed by atoms with E-state index in [1.54, 1.807) is 0 Å². The Morgan fingerprint density at radius 1 is 1.18 bits per heavy atom. The number of ether oxygens (including phenoxy) is 3. The minimum atomic E-state index is -6.20. The highest BCUT2D eigenvalue weighted by atomic mass is 32.2. The largest absolute Gasteiger partial charge is 0.523 e. The SMILES string of the molecule is CCCCOC[C@@]1(c2cn[nH]n2)O[C@@H](n2cc(C)c(=O)[nH]c2=O)[C@@H](OS(=O)(=O)C(F)(F)F)C1OCCCC. The van der Waals surface area contributed by atoms with Crippen molar-refractivity contribution in [1.29, 1.82) is 0 Å². The zero-order chi connectivity index (χ0) is 28.1. The van der Waals surface area contributed by atoms with Crippen LogP contribution in [-0.4, -0.2) is 70.9 Å². The van der Waals surface area contributed by atoms with Gasteiger partial charge in [-0.2, -0.15) is 37.0 Å². The van der Waals surface area contributed by atoms with Crippen LogP contribution >= 0.6 is 0 Å². The van der Waals surface area contributed by atoms with Gasteiger partial charge in [-0.05, 0) is 19.8 Å². The van der Waals surface area contributed by atoms with Gasteiger partial charge in [-0.1, -0.05) is 26.7 Å². The zero-order valence-corrected chi connectivity index (χ0v) is 21.8. The fourth-order valence-electron chi connectivity index (χ4n) is 3.91. The molecule has 2 aromatic rings. The summed E-state index contributed by atoms with van der Waals surface area (Å²) >= 11 is 0. The van der Waals surface area contributed by atoms with Crippen LogP contribution in [-0.2, 0) is 34.1 Å². The van der Waals surface area contributed by atoms with E-state index >= 15 is 0 Å². The molecule has 0 saturated carbocycles. The minimum absolute atomic E-state index is 0.00668. The zero-order valence-electron chi connectivity index (χ0n) is 21.0. The molecule has 2 N–H and O–H groups in total. The average molecular weight is 570 g/mol. The Bertz CT molecular complexity index is 1280. The summed E-state index contributed by atoms with van der Waals surface area (Å²) in [5.74, 6) is 0. The number of H-pyrrole nitrogens is 2. The molecule has 17 heteroatoms. The molecule has 214 valence electrons. The van der Waals surface area contributed by atoms with Crippen LogP contribution in [0.25, 0.3) is 0 Å². The van der Waals surface area contributed by atoms with E-state index in [9.17, 15) is 31.2 Å². The third-order valence-corrected chi connectivity index (χ3v) is 6.96. The molecule has 1 saturated heterocycles. The Kier molecular flexibility index (Phi) is 9.51. The average Bonchev–Trinajstić information content (AvgIpc) is 3.47. The van der Waals surface area contributed by atoms with Crippen molar-refractivity contribution < 1.29 is 40.0 Å². The van der Waals surface area contributed by atoms with Crippen LogP contribution in [0.3, 0.4) is 0 Å². The molecule has 1 aliphatic rings. The van der Waals surface area contributed by atoms with Gasteiger partial charge in [-0.3, -0.25) is 18.5 Å². The van der Waals surface area contributed by atoms with Crippen molar-refractivity contribution >= 4 is 10.1 Å². The molecular weight excluding hydrogens is 539 g/mol. The first-order chi connectivity index (χ1) is 17.9. The van der Waals surface area contributed by atoms with Gasteiger partial charge < -0.3 is 14.2 Å². The molecule has 38 heavy (non-hydrogen) atoms. The molecule has 3 heterocycles. The maximum atomic E-state index is 13.4. The van der Waals surface area contributed by atoms with Gasteiger partial charge in [0, 0.05) is 25.0 Å². The summed E-state index contributed by atoms with van der Waals surface area (Å²) < 4.78 is 88.0. The highest BCUT2D eigenvalue weighted by Gasteiger charge is 2.63. The summed E-state index contributed by atoms with van der Waals surface area (Å²) in [7, 11) is -6.20. The number of rotatable bonds is 13. The van der Waals surface area contributed by atoms with E-state index in [1.165, 1.54) is 13.1 Å². The fraction of sp³-hybridized carbons (Fsp3) is 0.714. The first kappa shape index (κ1) is 29.9. The van der Waals surface area contributed by atoms with Crippen LogP contribution in [0.15, 0.2) is 22.0 Å². The molecule has 3 rings (SSSR count). The van der Waals surface area contributed by atoms with Gasteiger partial charge in [0.1, 0.15) is 11.8 Å². The molecule has 0 spiro atoms. The van der Waals surface area contributed by atoms with Crippen molar-refractivity contribution in [3.05, 3.63) is 44.5 Å². The van der Waals surface area contributed by atoms with Crippen LogP contribution in [0, 0.1) is 6.92 Å². The van der Waals surface area contributed by atoms with Crippen LogP contribution < -0.4 is 11.2 Å². The summed E-state index contributed by atoms with van der Waals surface area (Å²) in [5, 5.41) is 10.1. The summed E-state index contributed by atoms with van der Waals surface area (Å²) in [5.41, 5.74) is -9.43. The van der Waals surface area contributed by atoms with E-state index in [4.69, 9.17) is 18.4 Å². The minimum Gasteiger partial charge on any atom is -0.378 e. The van der Waals surface area contributed by atoms with Crippen LogP contribution in [0.5, 0.6) is 0 Å². The second-order valence-corrected chi connectivity index (χ2v) is 10.3. The maximum absolute atomic E-state index is 13.4. The van der Waals surface area contributed by atoms with Gasteiger partial charge in [0.2, 0.25) is 0 Å². The lowest BCUT2D eigenvalue weighted by molar-refractivity contribution is -0.161. The molecule has 0 radical (unpaired) electrons. The van der Waals surface area contributed by atoms with Crippen molar-refractivity contribution in [3.8, 4) is 0 Å². The molecule has 0 bridgehead atoms. The number of halogens is 3. The quantitative estimate of drug-likeness (QED) is 0.205. The van der Waals surface area contributed by atoms with E-state index in [-0.39, 0.29) is 31.1 Å². The van der Waals surface area contributed by atoms with E-state index in [2.05, 4.69) is 15.4 Å². The lowest BCUT2D eigenvalue weighted by Gasteiger charge is -2.33. The third-order valence-electron chi connectivity index (χ3n) is 5.91. The Balaban J connectivity index is 2.22. The number of nitrogens with one attached hydrogen (secondary N) is 2. The number of aromatic amines is 2. The second kappa shape index (κ2) is 12.1. The van der Waals surface area contributed by atoms with Gasteiger partial charge >= 0.3 is 21.3 Å². The molecule has 13 nitrogen and oxygen atoms in total.